The summed E-state index contributed by atoms with van der Waals surface area (Å²) in [4.78, 5) is 8.49. The van der Waals surface area contributed by atoms with Crippen LogP contribution in [0.4, 0.5) is 4.39 Å². The lowest BCUT2D eigenvalue weighted by molar-refractivity contribution is -0.0752. The van der Waals surface area contributed by atoms with Crippen LogP contribution in [-0.4, -0.2) is 42.1 Å². The molecule has 1 aliphatic carbocycles. The van der Waals surface area contributed by atoms with Crippen molar-refractivity contribution in [3.05, 3.63) is 59.9 Å². The molecule has 3 aromatic rings. The lowest BCUT2D eigenvalue weighted by Crippen LogP contribution is -2.40. The molecule has 0 saturated heterocycles. The van der Waals surface area contributed by atoms with E-state index in [1.807, 2.05) is 23.8 Å². The lowest BCUT2D eigenvalue weighted by atomic mass is 9.80. The molecular weight excluding hydrogens is 349 g/mol. The summed E-state index contributed by atoms with van der Waals surface area (Å²) < 4.78 is 15.1. The first-order chi connectivity index (χ1) is 12.8. The number of aliphatic hydroxyl groups is 3. The highest BCUT2D eigenvalue weighted by molar-refractivity contribution is 5.78. The van der Waals surface area contributed by atoms with Crippen LogP contribution in [0.5, 0.6) is 0 Å². The van der Waals surface area contributed by atoms with E-state index in [2.05, 4.69) is 9.97 Å². The van der Waals surface area contributed by atoms with Crippen LogP contribution in [0.15, 0.2) is 42.9 Å². The Hall–Kier alpha value is -2.35. The fraction of sp³-hybridized carbons (Fsp3) is 0.400. The SMILES string of the molecule is Cc1ncnc2c1ccn2[C@@H]1CC([C@](C)(O)c2ccc(F)cc2)[C@@H](O)[C@H]1O. The maximum atomic E-state index is 13.2. The van der Waals surface area contributed by atoms with Gasteiger partial charge in [-0.05, 0) is 44.0 Å². The molecular formula is C20H22FN3O3. The number of fused-ring (bicyclic) bond motifs is 1. The summed E-state index contributed by atoms with van der Waals surface area (Å²) in [6, 6.07) is 7.00. The summed E-state index contributed by atoms with van der Waals surface area (Å²) in [5, 5.41) is 33.4. The van der Waals surface area contributed by atoms with E-state index >= 15 is 0 Å². The van der Waals surface area contributed by atoms with Crippen LogP contribution in [0.2, 0.25) is 0 Å². The van der Waals surface area contributed by atoms with Crippen molar-refractivity contribution in [1.29, 1.82) is 0 Å². The molecule has 1 aromatic carbocycles. The second-order valence-corrected chi connectivity index (χ2v) is 7.46. The van der Waals surface area contributed by atoms with Crippen molar-refractivity contribution in [1.82, 2.24) is 14.5 Å². The van der Waals surface area contributed by atoms with Gasteiger partial charge in [-0.3, -0.25) is 0 Å². The fourth-order valence-electron chi connectivity index (χ4n) is 4.21. The molecule has 2 aromatic heterocycles. The number of hydrogen-bond donors (Lipinski definition) is 3. The standard InChI is InChI=1S/C20H22FN3O3/c1-11-14-7-8-24(19(14)23-10-22-11)16-9-15(17(25)18(16)26)20(2,27)12-3-5-13(21)6-4-12/h3-8,10,15-18,25-27H,9H2,1-2H3/t15?,16-,17-,18+,20-/m1/s1. The number of nitrogens with zero attached hydrogens (tertiary/aromatic N) is 3. The van der Waals surface area contributed by atoms with Crippen molar-refractivity contribution < 1.29 is 19.7 Å². The third kappa shape index (κ3) is 2.82. The number of aryl methyl sites for hydroxylation is 1. The number of aliphatic hydroxyl groups excluding tert-OH is 2. The van der Waals surface area contributed by atoms with Gasteiger partial charge in [0.25, 0.3) is 0 Å². The van der Waals surface area contributed by atoms with Crippen molar-refractivity contribution >= 4 is 11.0 Å². The molecule has 4 rings (SSSR count). The molecule has 142 valence electrons. The van der Waals surface area contributed by atoms with Gasteiger partial charge in [-0.15, -0.1) is 0 Å². The molecule has 2 heterocycles. The van der Waals surface area contributed by atoms with E-state index < -0.39 is 35.6 Å². The maximum absolute atomic E-state index is 13.2. The van der Waals surface area contributed by atoms with Gasteiger partial charge >= 0.3 is 0 Å². The molecule has 0 amide bonds. The zero-order valence-electron chi connectivity index (χ0n) is 15.1. The minimum absolute atomic E-state index is 0.347. The molecule has 7 heteroatoms. The Balaban J connectivity index is 1.70. The number of rotatable bonds is 3. The van der Waals surface area contributed by atoms with E-state index in [4.69, 9.17) is 0 Å². The molecule has 1 unspecified atom stereocenters. The van der Waals surface area contributed by atoms with Crippen LogP contribution >= 0.6 is 0 Å². The van der Waals surface area contributed by atoms with Gasteiger partial charge < -0.3 is 19.9 Å². The Bertz CT molecular complexity index is 970. The predicted molar refractivity (Wildman–Crippen MR) is 97.4 cm³/mol. The van der Waals surface area contributed by atoms with Gasteiger partial charge in [0.1, 0.15) is 23.9 Å². The van der Waals surface area contributed by atoms with Gasteiger partial charge in [-0.25, -0.2) is 14.4 Å². The number of benzene rings is 1. The Kier molecular flexibility index (Phi) is 4.25. The van der Waals surface area contributed by atoms with Crippen LogP contribution < -0.4 is 0 Å². The smallest absolute Gasteiger partial charge is 0.143 e. The topological polar surface area (TPSA) is 91.4 Å². The van der Waals surface area contributed by atoms with Crippen LogP contribution in [0.1, 0.15) is 30.6 Å². The van der Waals surface area contributed by atoms with E-state index in [0.717, 1.165) is 11.1 Å². The Morgan fingerprint density at radius 1 is 1.11 bits per heavy atom. The second-order valence-electron chi connectivity index (χ2n) is 7.46. The summed E-state index contributed by atoms with van der Waals surface area (Å²) in [5.41, 5.74) is 0.593. The minimum atomic E-state index is -1.42. The maximum Gasteiger partial charge on any atom is 0.143 e. The Labute approximate surface area is 155 Å². The summed E-state index contributed by atoms with van der Waals surface area (Å²) in [7, 11) is 0. The predicted octanol–water partition coefficient (Wildman–Crippen LogP) is 2.07. The molecule has 27 heavy (non-hydrogen) atoms. The van der Waals surface area contributed by atoms with Crippen molar-refractivity contribution in [2.75, 3.05) is 0 Å². The van der Waals surface area contributed by atoms with Crippen molar-refractivity contribution in [3.63, 3.8) is 0 Å². The van der Waals surface area contributed by atoms with Crippen LogP contribution in [0.25, 0.3) is 11.0 Å². The van der Waals surface area contributed by atoms with Gasteiger partial charge in [-0.2, -0.15) is 0 Å². The van der Waals surface area contributed by atoms with E-state index in [9.17, 15) is 19.7 Å². The monoisotopic (exact) mass is 371 g/mol. The quantitative estimate of drug-likeness (QED) is 0.656. The van der Waals surface area contributed by atoms with Gasteiger partial charge in [0.05, 0.1) is 23.4 Å². The van der Waals surface area contributed by atoms with E-state index in [-0.39, 0.29) is 0 Å². The molecule has 6 nitrogen and oxygen atoms in total. The third-order valence-electron chi connectivity index (χ3n) is 5.87. The number of aromatic nitrogens is 3. The van der Waals surface area contributed by atoms with E-state index in [1.54, 1.807) is 6.92 Å². The summed E-state index contributed by atoms with van der Waals surface area (Å²) >= 11 is 0. The first-order valence-electron chi connectivity index (χ1n) is 8.93. The van der Waals surface area contributed by atoms with Crippen molar-refractivity contribution in [2.45, 2.75) is 44.1 Å². The highest BCUT2D eigenvalue weighted by Gasteiger charge is 2.50. The zero-order valence-corrected chi connectivity index (χ0v) is 15.1. The third-order valence-corrected chi connectivity index (χ3v) is 5.87. The normalized spacial score (nSPS) is 27.8. The van der Waals surface area contributed by atoms with Crippen LogP contribution in [-0.2, 0) is 5.60 Å². The number of hydrogen-bond acceptors (Lipinski definition) is 5. The van der Waals surface area contributed by atoms with E-state index in [0.29, 0.717) is 17.6 Å². The zero-order chi connectivity index (χ0) is 19.3. The van der Waals surface area contributed by atoms with Crippen molar-refractivity contribution in [3.8, 4) is 0 Å². The Morgan fingerprint density at radius 3 is 2.52 bits per heavy atom. The molecule has 1 fully saturated rings. The minimum Gasteiger partial charge on any atom is -0.390 e. The summed E-state index contributed by atoms with van der Waals surface area (Å²) in [6.07, 6.45) is 1.45. The van der Waals surface area contributed by atoms with Crippen LogP contribution in [0.3, 0.4) is 0 Å². The van der Waals surface area contributed by atoms with Gasteiger partial charge in [-0.1, -0.05) is 12.1 Å². The average Bonchev–Trinajstić information content (AvgIpc) is 3.19. The molecule has 0 bridgehead atoms. The second kappa shape index (κ2) is 6.37. The Morgan fingerprint density at radius 2 is 1.81 bits per heavy atom. The largest absolute Gasteiger partial charge is 0.390 e. The molecule has 0 radical (unpaired) electrons. The molecule has 3 N–H and O–H groups in total. The van der Waals surface area contributed by atoms with Crippen LogP contribution in [0, 0.1) is 18.7 Å². The molecule has 0 aliphatic heterocycles. The molecule has 1 saturated carbocycles. The first kappa shape index (κ1) is 18.0. The summed E-state index contributed by atoms with van der Waals surface area (Å²) in [6.45, 7) is 3.47. The molecule has 5 atom stereocenters. The number of halogens is 1. The van der Waals surface area contributed by atoms with Gasteiger partial charge in [0.15, 0.2) is 0 Å². The molecule has 0 spiro atoms. The van der Waals surface area contributed by atoms with Crippen molar-refractivity contribution in [2.24, 2.45) is 5.92 Å². The summed E-state index contributed by atoms with van der Waals surface area (Å²) in [5.74, 6) is -1.02. The molecule has 1 aliphatic rings. The lowest BCUT2D eigenvalue weighted by Gasteiger charge is -2.33. The van der Waals surface area contributed by atoms with Gasteiger partial charge in [0, 0.05) is 17.5 Å². The van der Waals surface area contributed by atoms with E-state index in [1.165, 1.54) is 30.6 Å². The highest BCUT2D eigenvalue weighted by atomic mass is 19.1. The fourth-order valence-corrected chi connectivity index (χ4v) is 4.21. The van der Waals surface area contributed by atoms with Gasteiger partial charge in [0.2, 0.25) is 0 Å². The first-order valence-corrected chi connectivity index (χ1v) is 8.93. The average molecular weight is 371 g/mol. The highest BCUT2D eigenvalue weighted by Crippen LogP contribution is 2.45.